The summed E-state index contributed by atoms with van der Waals surface area (Å²) < 4.78 is 4.98. The van der Waals surface area contributed by atoms with E-state index < -0.39 is 46.7 Å². The molecule has 4 amide bonds. The van der Waals surface area contributed by atoms with E-state index >= 15 is 0 Å². The number of nitro benzene ring substituents is 1. The molecule has 4 aromatic rings. The van der Waals surface area contributed by atoms with Crippen molar-refractivity contribution in [1.82, 2.24) is 21.1 Å². The Hall–Kier alpha value is -5.56. The molecule has 0 aliphatic rings. The van der Waals surface area contributed by atoms with Gasteiger partial charge in [0.05, 0.1) is 15.6 Å². The highest BCUT2D eigenvalue weighted by molar-refractivity contribution is 6.34. The van der Waals surface area contributed by atoms with Crippen LogP contribution in [0.25, 0.3) is 0 Å². The van der Waals surface area contributed by atoms with Crippen LogP contribution < -0.4 is 21.3 Å². The van der Waals surface area contributed by atoms with Crippen molar-refractivity contribution in [2.24, 2.45) is 5.92 Å². The number of nitro groups is 1. The van der Waals surface area contributed by atoms with Gasteiger partial charge in [0.2, 0.25) is 17.7 Å². The molecule has 1 aromatic heterocycles. The van der Waals surface area contributed by atoms with Crippen molar-refractivity contribution in [2.75, 3.05) is 5.32 Å². The molecule has 0 fully saturated rings. The minimum absolute atomic E-state index is 0.00687. The Morgan fingerprint density at radius 2 is 1.38 bits per heavy atom. The molecule has 3 atom stereocenters. The second-order valence-electron chi connectivity index (χ2n) is 11.4. The maximum absolute atomic E-state index is 13.9. The Kier molecular flexibility index (Phi) is 12.0. The normalized spacial score (nSPS) is 12.8. The highest BCUT2D eigenvalue weighted by atomic mass is 35.5. The fraction of sp³-hybridized carbons (Fsp3) is 0.265. The van der Waals surface area contributed by atoms with E-state index in [1.807, 2.05) is 12.1 Å². The van der Waals surface area contributed by atoms with Crippen LogP contribution in [0.3, 0.4) is 0 Å². The predicted molar refractivity (Wildman–Crippen MR) is 178 cm³/mol. The number of rotatable bonds is 14. The van der Waals surface area contributed by atoms with E-state index in [9.17, 15) is 29.3 Å². The Balaban J connectivity index is 1.58. The van der Waals surface area contributed by atoms with E-state index in [2.05, 4.69) is 26.4 Å². The lowest BCUT2D eigenvalue weighted by atomic mass is 10.00. The second kappa shape index (κ2) is 16.3. The van der Waals surface area contributed by atoms with E-state index in [0.29, 0.717) is 5.76 Å². The Bertz CT molecular complexity index is 1760. The van der Waals surface area contributed by atoms with E-state index in [-0.39, 0.29) is 40.9 Å². The zero-order chi connectivity index (χ0) is 34.8. The summed E-state index contributed by atoms with van der Waals surface area (Å²) in [5.74, 6) is -2.46. The molecule has 3 aromatic carbocycles. The van der Waals surface area contributed by atoms with Gasteiger partial charge in [0.1, 0.15) is 23.9 Å². The van der Waals surface area contributed by atoms with Gasteiger partial charge in [0, 0.05) is 31.0 Å². The van der Waals surface area contributed by atoms with Crippen LogP contribution in [0.2, 0.25) is 5.02 Å². The number of carbonyl (C=O) groups is 4. The molecule has 250 valence electrons. The highest BCUT2D eigenvalue weighted by Crippen LogP contribution is 2.27. The van der Waals surface area contributed by atoms with Crippen LogP contribution in [-0.2, 0) is 27.2 Å². The van der Waals surface area contributed by atoms with Crippen molar-refractivity contribution in [1.29, 1.82) is 0 Å². The van der Waals surface area contributed by atoms with Gasteiger partial charge in [0.15, 0.2) is 5.69 Å². The maximum atomic E-state index is 13.9. The zero-order valence-electron chi connectivity index (χ0n) is 26.4. The van der Waals surface area contributed by atoms with Crippen LogP contribution in [-0.4, -0.2) is 51.8 Å². The number of non-ortho nitro benzene ring substituents is 1. The molecule has 0 bridgehead atoms. The maximum Gasteiger partial charge on any atom is 0.274 e. The molecule has 48 heavy (non-hydrogen) atoms. The first kappa shape index (κ1) is 35.3. The van der Waals surface area contributed by atoms with E-state index in [4.69, 9.17) is 16.1 Å². The number of carbonyl (C=O) groups excluding carboxylic acids is 4. The molecule has 0 radical (unpaired) electrons. The van der Waals surface area contributed by atoms with Crippen LogP contribution in [0.1, 0.15) is 41.2 Å². The summed E-state index contributed by atoms with van der Waals surface area (Å²) in [5, 5.41) is 25.6. The first-order chi connectivity index (χ1) is 22.9. The van der Waals surface area contributed by atoms with Crippen molar-refractivity contribution < 1.29 is 28.6 Å². The SMILES string of the molecule is Cc1cc(C(=O)N[C@H](C(=O)N[C@@H](Cc2ccccc2)C(=O)N[C@@H](Cc2ccccc2)C(=O)Nc2ccc([N+](=O)[O-])cc2Cl)C(C)C)no1. The topological polar surface area (TPSA) is 186 Å². The summed E-state index contributed by atoms with van der Waals surface area (Å²) in [4.78, 5) is 64.6. The number of amides is 4. The molecule has 0 unspecified atom stereocenters. The van der Waals surface area contributed by atoms with Gasteiger partial charge in [-0.15, -0.1) is 0 Å². The third-order valence-corrected chi connectivity index (χ3v) is 7.66. The Morgan fingerprint density at radius 3 is 1.88 bits per heavy atom. The Morgan fingerprint density at radius 1 is 0.812 bits per heavy atom. The van der Waals surface area contributed by atoms with Crippen molar-refractivity contribution in [2.45, 2.75) is 51.7 Å². The molecule has 4 rings (SSSR count). The second-order valence-corrected chi connectivity index (χ2v) is 11.8. The van der Waals surface area contributed by atoms with Crippen LogP contribution in [0, 0.1) is 23.0 Å². The molecule has 0 spiro atoms. The van der Waals surface area contributed by atoms with Gasteiger partial charge in [-0.05, 0) is 30.0 Å². The summed E-state index contributed by atoms with van der Waals surface area (Å²) in [6.45, 7) is 5.12. The summed E-state index contributed by atoms with van der Waals surface area (Å²) >= 11 is 6.22. The van der Waals surface area contributed by atoms with Gasteiger partial charge in [-0.1, -0.05) is 91.3 Å². The monoisotopic (exact) mass is 674 g/mol. The standard InChI is InChI=1S/C34H35ClN6O7/c1-20(2)30(39-33(44)29-16-21(3)48-40-29)34(45)38-28(18-23-12-8-5-9-13-23)32(43)37-27(17-22-10-6-4-7-11-22)31(42)36-26-15-14-24(41(46)47)19-25(26)35/h4-16,19-20,27-28,30H,17-18H2,1-3H3,(H,36,42)(H,37,43)(H,38,45)(H,39,44)/t27-,28-,30-/m0/s1. The van der Waals surface area contributed by atoms with Crippen LogP contribution >= 0.6 is 11.6 Å². The quantitative estimate of drug-likeness (QED) is 0.112. The number of nitrogens with one attached hydrogen (secondary N) is 4. The number of hydrogen-bond donors (Lipinski definition) is 4. The molecule has 4 N–H and O–H groups in total. The van der Waals surface area contributed by atoms with Crippen LogP contribution in [0.15, 0.2) is 89.5 Å². The predicted octanol–water partition coefficient (Wildman–Crippen LogP) is 4.39. The fourth-order valence-electron chi connectivity index (χ4n) is 4.81. The number of nitrogens with zero attached hydrogens (tertiary/aromatic N) is 2. The first-order valence-electron chi connectivity index (χ1n) is 15.1. The number of aromatic nitrogens is 1. The fourth-order valence-corrected chi connectivity index (χ4v) is 5.04. The van der Waals surface area contributed by atoms with Gasteiger partial charge in [-0.2, -0.15) is 0 Å². The smallest absolute Gasteiger partial charge is 0.274 e. The highest BCUT2D eigenvalue weighted by Gasteiger charge is 2.32. The van der Waals surface area contributed by atoms with Gasteiger partial charge in [-0.25, -0.2) is 0 Å². The summed E-state index contributed by atoms with van der Waals surface area (Å²) in [6.07, 6.45) is 0.157. The van der Waals surface area contributed by atoms with E-state index in [0.717, 1.165) is 17.2 Å². The lowest BCUT2D eigenvalue weighted by Crippen LogP contribution is -2.58. The molecule has 0 saturated carbocycles. The number of anilines is 1. The number of halogens is 1. The number of hydrogen-bond acceptors (Lipinski definition) is 8. The molecule has 1 heterocycles. The molecule has 0 aliphatic carbocycles. The van der Waals surface area contributed by atoms with Gasteiger partial charge in [0.25, 0.3) is 11.6 Å². The summed E-state index contributed by atoms with van der Waals surface area (Å²) in [5.41, 5.74) is 1.35. The van der Waals surface area contributed by atoms with Crippen molar-refractivity contribution in [3.8, 4) is 0 Å². The van der Waals surface area contributed by atoms with Gasteiger partial charge < -0.3 is 25.8 Å². The van der Waals surface area contributed by atoms with Gasteiger partial charge >= 0.3 is 0 Å². The van der Waals surface area contributed by atoms with Gasteiger partial charge in [-0.3, -0.25) is 29.3 Å². The largest absolute Gasteiger partial charge is 0.361 e. The average Bonchev–Trinajstić information content (AvgIpc) is 3.50. The molecule has 0 aliphatic heterocycles. The third-order valence-electron chi connectivity index (χ3n) is 7.35. The summed E-state index contributed by atoms with van der Waals surface area (Å²) in [6, 6.07) is 19.7. The van der Waals surface area contributed by atoms with Crippen LogP contribution in [0.5, 0.6) is 0 Å². The zero-order valence-corrected chi connectivity index (χ0v) is 27.2. The summed E-state index contributed by atoms with van der Waals surface area (Å²) in [7, 11) is 0. The lowest BCUT2D eigenvalue weighted by Gasteiger charge is -2.27. The van der Waals surface area contributed by atoms with E-state index in [1.54, 1.807) is 69.3 Å². The molecule has 0 saturated heterocycles. The van der Waals surface area contributed by atoms with E-state index in [1.165, 1.54) is 18.2 Å². The Labute approximate surface area is 281 Å². The minimum Gasteiger partial charge on any atom is -0.361 e. The average molecular weight is 675 g/mol. The lowest BCUT2D eigenvalue weighted by molar-refractivity contribution is -0.384. The molecular formula is C34H35ClN6O7. The molecular weight excluding hydrogens is 640 g/mol. The number of benzene rings is 3. The first-order valence-corrected chi connectivity index (χ1v) is 15.5. The van der Waals surface area contributed by atoms with Crippen molar-refractivity contribution in [3.63, 3.8) is 0 Å². The van der Waals surface area contributed by atoms with Crippen molar-refractivity contribution >= 4 is 46.6 Å². The molecule has 13 nitrogen and oxygen atoms in total. The van der Waals surface area contributed by atoms with Crippen molar-refractivity contribution in [3.05, 3.63) is 123 Å². The molecule has 14 heteroatoms. The van der Waals surface area contributed by atoms with Crippen LogP contribution in [0.4, 0.5) is 11.4 Å². The minimum atomic E-state index is -1.15. The third kappa shape index (κ3) is 9.72. The number of aryl methyl sites for hydroxylation is 1.